The molecule has 0 saturated carbocycles. The third-order valence-corrected chi connectivity index (χ3v) is 6.25. The van der Waals surface area contributed by atoms with Crippen LogP contribution in [0.4, 0.5) is 11.4 Å². The minimum atomic E-state index is 0.120. The molecule has 3 aromatic rings. The third-order valence-electron chi connectivity index (χ3n) is 5.92. The van der Waals surface area contributed by atoms with Crippen LogP contribution in [0.25, 0.3) is 0 Å². The maximum atomic E-state index is 6.61. The van der Waals surface area contributed by atoms with Crippen molar-refractivity contribution in [2.45, 2.75) is 38.6 Å². The van der Waals surface area contributed by atoms with Gasteiger partial charge >= 0.3 is 0 Å². The van der Waals surface area contributed by atoms with E-state index in [0.717, 1.165) is 34.2 Å². The minimum absolute atomic E-state index is 0.120. The lowest BCUT2D eigenvalue weighted by molar-refractivity contribution is 0.395. The van der Waals surface area contributed by atoms with Crippen molar-refractivity contribution in [2.24, 2.45) is 4.99 Å². The summed E-state index contributed by atoms with van der Waals surface area (Å²) >= 11 is 6.61. The van der Waals surface area contributed by atoms with E-state index in [2.05, 4.69) is 49.8 Å². The first-order valence-corrected chi connectivity index (χ1v) is 10.7. The molecule has 0 radical (unpaired) electrons. The summed E-state index contributed by atoms with van der Waals surface area (Å²) < 4.78 is 5.84. The van der Waals surface area contributed by atoms with Gasteiger partial charge in [0.25, 0.3) is 0 Å². The van der Waals surface area contributed by atoms with Gasteiger partial charge in [0.15, 0.2) is 0 Å². The molecule has 0 saturated heterocycles. The second-order valence-corrected chi connectivity index (χ2v) is 8.98. The molecule has 4 rings (SSSR count). The molecule has 0 aromatic heterocycles. The van der Waals surface area contributed by atoms with Gasteiger partial charge in [-0.2, -0.15) is 0 Å². The Hall–Kier alpha value is -2.78. The Morgan fingerprint density at radius 1 is 1.03 bits per heavy atom. The first kappa shape index (κ1) is 20.5. The highest BCUT2D eigenvalue weighted by atomic mass is 35.5. The second kappa shape index (κ2) is 8.16. The van der Waals surface area contributed by atoms with Crippen LogP contribution in [-0.4, -0.2) is 18.8 Å². The molecule has 1 aliphatic rings. The maximum absolute atomic E-state index is 6.61. The molecule has 1 aliphatic heterocycles. The maximum Gasteiger partial charge on any atom is 0.127 e. The van der Waals surface area contributed by atoms with Gasteiger partial charge in [-0.1, -0.05) is 36.7 Å². The minimum Gasteiger partial charge on any atom is -0.457 e. The van der Waals surface area contributed by atoms with Crippen molar-refractivity contribution in [2.75, 3.05) is 11.9 Å². The predicted molar refractivity (Wildman–Crippen MR) is 127 cm³/mol. The summed E-state index contributed by atoms with van der Waals surface area (Å²) in [5, 5.41) is 0.721. The van der Waals surface area contributed by atoms with Gasteiger partial charge in [0, 0.05) is 30.1 Å². The van der Waals surface area contributed by atoms with Crippen molar-refractivity contribution in [3.63, 3.8) is 0 Å². The summed E-state index contributed by atoms with van der Waals surface area (Å²) in [6, 6.07) is 21.7. The lowest BCUT2D eigenvalue weighted by atomic mass is 9.80. The Morgan fingerprint density at radius 2 is 1.70 bits per heavy atom. The number of fused-ring (bicyclic) bond motifs is 1. The van der Waals surface area contributed by atoms with Crippen LogP contribution in [-0.2, 0) is 0 Å². The number of rotatable bonds is 4. The summed E-state index contributed by atoms with van der Waals surface area (Å²) in [5.74, 6) is 2.08. The number of aliphatic imine (C=N–C) groups is 1. The lowest BCUT2D eigenvalue weighted by Crippen LogP contribution is -2.45. The van der Waals surface area contributed by atoms with Crippen LogP contribution in [0.3, 0.4) is 0 Å². The third kappa shape index (κ3) is 4.22. The van der Waals surface area contributed by atoms with E-state index in [1.165, 1.54) is 11.3 Å². The average Bonchev–Trinajstić information content (AvgIpc) is 2.72. The Labute approximate surface area is 184 Å². The van der Waals surface area contributed by atoms with Crippen LogP contribution in [0, 0.1) is 0 Å². The first-order chi connectivity index (χ1) is 14.3. The van der Waals surface area contributed by atoms with Gasteiger partial charge in [-0.15, -0.1) is 0 Å². The highest BCUT2D eigenvalue weighted by Gasteiger charge is 2.34. The quantitative estimate of drug-likeness (QED) is 0.407. The SMILES string of the molecule is CC1CC(C)(C)N(C)c2cc(Cl)c(C=Nc3ccc(Oc4ccccc4)cc3)cc21. The standard InChI is InChI=1S/C26H27ClN2O/c1-18-16-26(2,3)29(4)25-15-24(27)19(14-23(18)25)17-28-20-10-12-22(13-11-20)30-21-8-6-5-7-9-21/h5-15,17-18H,16H2,1-4H3. The molecule has 0 bridgehead atoms. The summed E-state index contributed by atoms with van der Waals surface area (Å²) in [6.07, 6.45) is 2.96. The Balaban J connectivity index is 1.54. The van der Waals surface area contributed by atoms with E-state index in [9.17, 15) is 0 Å². The molecule has 154 valence electrons. The smallest absolute Gasteiger partial charge is 0.127 e. The fourth-order valence-corrected chi connectivity index (χ4v) is 4.28. The molecule has 3 nitrogen and oxygen atoms in total. The van der Waals surface area contributed by atoms with Crippen LogP contribution >= 0.6 is 11.6 Å². The molecule has 1 heterocycles. The molecule has 0 amide bonds. The van der Waals surface area contributed by atoms with Gasteiger partial charge in [-0.05, 0) is 80.3 Å². The molecule has 0 fully saturated rings. The van der Waals surface area contributed by atoms with Gasteiger partial charge < -0.3 is 9.64 Å². The van der Waals surface area contributed by atoms with E-state index in [-0.39, 0.29) is 5.54 Å². The molecule has 1 unspecified atom stereocenters. The van der Waals surface area contributed by atoms with Crippen LogP contribution in [0.15, 0.2) is 71.7 Å². The van der Waals surface area contributed by atoms with Crippen molar-refractivity contribution in [1.82, 2.24) is 0 Å². The van der Waals surface area contributed by atoms with Crippen LogP contribution in [0.5, 0.6) is 11.5 Å². The molecular weight excluding hydrogens is 392 g/mol. The van der Waals surface area contributed by atoms with Crippen molar-refractivity contribution in [1.29, 1.82) is 0 Å². The zero-order valence-corrected chi connectivity index (χ0v) is 18.6. The number of hydrogen-bond donors (Lipinski definition) is 0. The van der Waals surface area contributed by atoms with Gasteiger partial charge in [-0.25, -0.2) is 0 Å². The normalized spacial score (nSPS) is 17.8. The Bertz CT molecular complexity index is 1060. The molecule has 0 spiro atoms. The number of para-hydroxylation sites is 1. The largest absolute Gasteiger partial charge is 0.457 e. The van der Waals surface area contributed by atoms with E-state index in [4.69, 9.17) is 16.3 Å². The molecular formula is C26H27ClN2O. The Kier molecular flexibility index (Phi) is 5.57. The van der Waals surface area contributed by atoms with E-state index in [0.29, 0.717) is 5.92 Å². The fourth-order valence-electron chi connectivity index (χ4n) is 4.07. The van der Waals surface area contributed by atoms with Crippen molar-refractivity contribution < 1.29 is 4.74 Å². The van der Waals surface area contributed by atoms with Crippen molar-refractivity contribution in [3.05, 3.63) is 82.9 Å². The number of anilines is 1. The summed E-state index contributed by atoms with van der Waals surface area (Å²) in [6.45, 7) is 6.84. The van der Waals surface area contributed by atoms with Crippen LogP contribution < -0.4 is 9.64 Å². The first-order valence-electron chi connectivity index (χ1n) is 10.3. The summed E-state index contributed by atoms with van der Waals surface area (Å²) in [5.41, 5.74) is 4.46. The van der Waals surface area contributed by atoms with Gasteiger partial charge in [-0.3, -0.25) is 4.99 Å². The zero-order valence-electron chi connectivity index (χ0n) is 17.9. The monoisotopic (exact) mass is 418 g/mol. The predicted octanol–water partition coefficient (Wildman–Crippen LogP) is 7.60. The van der Waals surface area contributed by atoms with E-state index < -0.39 is 0 Å². The highest BCUT2D eigenvalue weighted by Crippen LogP contribution is 2.44. The summed E-state index contributed by atoms with van der Waals surface area (Å²) in [7, 11) is 2.15. The highest BCUT2D eigenvalue weighted by molar-refractivity contribution is 6.33. The molecule has 3 aromatic carbocycles. The fraction of sp³-hybridized carbons (Fsp3) is 0.269. The summed E-state index contributed by atoms with van der Waals surface area (Å²) in [4.78, 5) is 6.96. The van der Waals surface area contributed by atoms with Crippen LogP contribution in [0.1, 0.15) is 44.2 Å². The topological polar surface area (TPSA) is 24.8 Å². The van der Waals surface area contributed by atoms with Gasteiger partial charge in [0.2, 0.25) is 0 Å². The van der Waals surface area contributed by atoms with Gasteiger partial charge in [0.1, 0.15) is 11.5 Å². The number of halogens is 1. The molecule has 0 N–H and O–H groups in total. The van der Waals surface area contributed by atoms with Crippen LogP contribution in [0.2, 0.25) is 5.02 Å². The Morgan fingerprint density at radius 3 is 2.40 bits per heavy atom. The number of hydrogen-bond acceptors (Lipinski definition) is 3. The zero-order chi connectivity index (χ0) is 21.3. The number of benzene rings is 3. The van der Waals surface area contributed by atoms with E-state index in [1.54, 1.807) is 0 Å². The van der Waals surface area contributed by atoms with E-state index >= 15 is 0 Å². The molecule has 30 heavy (non-hydrogen) atoms. The second-order valence-electron chi connectivity index (χ2n) is 8.58. The lowest BCUT2D eigenvalue weighted by Gasteiger charge is -2.45. The van der Waals surface area contributed by atoms with Crippen molar-refractivity contribution >= 4 is 29.2 Å². The van der Waals surface area contributed by atoms with E-state index in [1.807, 2.05) is 60.8 Å². The molecule has 1 atom stereocenters. The van der Waals surface area contributed by atoms with Crippen molar-refractivity contribution in [3.8, 4) is 11.5 Å². The average molecular weight is 419 g/mol. The van der Waals surface area contributed by atoms with Gasteiger partial charge in [0.05, 0.1) is 10.7 Å². The number of ether oxygens (including phenoxy) is 1. The molecule has 0 aliphatic carbocycles. The molecule has 4 heteroatoms. The number of nitrogens with zero attached hydrogens (tertiary/aromatic N) is 2.